The number of amides is 1. The Labute approximate surface area is 127 Å². The van der Waals surface area contributed by atoms with Gasteiger partial charge in [0.25, 0.3) is 5.91 Å². The van der Waals surface area contributed by atoms with Gasteiger partial charge in [0.2, 0.25) is 0 Å². The van der Waals surface area contributed by atoms with Gasteiger partial charge in [-0.25, -0.2) is 0 Å². The second-order valence-electron chi connectivity index (χ2n) is 5.26. The van der Waals surface area contributed by atoms with Crippen LogP contribution in [0.5, 0.6) is 0 Å². The van der Waals surface area contributed by atoms with Crippen molar-refractivity contribution >= 4 is 27.9 Å². The summed E-state index contributed by atoms with van der Waals surface area (Å²) in [6.07, 6.45) is 3.03. The summed E-state index contributed by atoms with van der Waals surface area (Å²) in [5.74, 6) is -0.221. The summed E-state index contributed by atoms with van der Waals surface area (Å²) >= 11 is 1.52. The molecule has 1 heterocycles. The molecule has 0 radical (unpaired) electrons. The van der Waals surface area contributed by atoms with Crippen molar-refractivity contribution in [3.63, 3.8) is 0 Å². The molecular weight excluding hydrogens is 282 g/mol. The van der Waals surface area contributed by atoms with Gasteiger partial charge >= 0.3 is 0 Å². The fourth-order valence-corrected chi connectivity index (χ4v) is 3.96. The Balaban J connectivity index is 1.90. The van der Waals surface area contributed by atoms with E-state index in [4.69, 9.17) is 5.73 Å². The van der Waals surface area contributed by atoms with Crippen molar-refractivity contribution < 1.29 is 4.79 Å². The lowest BCUT2D eigenvalue weighted by Crippen LogP contribution is -2.12. The number of carbonyl (C=O) groups excluding carboxylic acids is 1. The quantitative estimate of drug-likeness (QED) is 0.835. The molecule has 1 aliphatic rings. The molecule has 0 fully saturated rings. The maximum atomic E-state index is 12.3. The van der Waals surface area contributed by atoms with Gasteiger partial charge in [-0.2, -0.15) is 5.26 Å². The van der Waals surface area contributed by atoms with Crippen LogP contribution in [0.2, 0.25) is 0 Å². The van der Waals surface area contributed by atoms with Crippen LogP contribution in [0, 0.1) is 18.3 Å². The molecule has 2 aromatic rings. The number of aryl methyl sites for hydroxylation is 2. The highest BCUT2D eigenvalue weighted by Gasteiger charge is 2.23. The highest BCUT2D eigenvalue weighted by Crippen LogP contribution is 2.38. The van der Waals surface area contributed by atoms with Crippen molar-refractivity contribution in [3.8, 4) is 6.07 Å². The Bertz CT molecular complexity index is 750. The average molecular weight is 297 g/mol. The van der Waals surface area contributed by atoms with E-state index >= 15 is 0 Å². The first-order valence-corrected chi connectivity index (χ1v) is 7.63. The number of nitrogens with zero attached hydrogens (tertiary/aromatic N) is 1. The van der Waals surface area contributed by atoms with Gasteiger partial charge in [-0.15, -0.1) is 11.3 Å². The molecule has 1 aliphatic carbocycles. The molecule has 1 aromatic carbocycles. The highest BCUT2D eigenvalue weighted by molar-refractivity contribution is 7.16. The molecule has 0 saturated heterocycles. The topological polar surface area (TPSA) is 78.9 Å². The van der Waals surface area contributed by atoms with Gasteiger partial charge < -0.3 is 11.1 Å². The Morgan fingerprint density at radius 1 is 1.38 bits per heavy atom. The molecule has 0 bridgehead atoms. The zero-order chi connectivity index (χ0) is 15.0. The maximum absolute atomic E-state index is 12.3. The molecule has 1 aromatic heterocycles. The summed E-state index contributed by atoms with van der Waals surface area (Å²) in [4.78, 5) is 13.6. The van der Waals surface area contributed by atoms with Crippen molar-refractivity contribution in [1.29, 1.82) is 5.26 Å². The number of hydrogen-bond acceptors (Lipinski definition) is 4. The van der Waals surface area contributed by atoms with Gasteiger partial charge in [0.05, 0.1) is 5.56 Å². The van der Waals surface area contributed by atoms with E-state index in [2.05, 4.69) is 11.4 Å². The van der Waals surface area contributed by atoms with Crippen LogP contribution >= 0.6 is 11.3 Å². The summed E-state index contributed by atoms with van der Waals surface area (Å²) in [6, 6.07) is 7.48. The summed E-state index contributed by atoms with van der Waals surface area (Å²) in [5.41, 5.74) is 9.54. The average Bonchev–Trinajstić information content (AvgIpc) is 2.97. The highest BCUT2D eigenvalue weighted by atomic mass is 32.1. The first kappa shape index (κ1) is 13.7. The predicted molar refractivity (Wildman–Crippen MR) is 84.6 cm³/mol. The van der Waals surface area contributed by atoms with E-state index in [9.17, 15) is 10.1 Å². The number of nitrogen functional groups attached to an aromatic ring is 1. The smallest absolute Gasteiger partial charge is 0.256 e. The van der Waals surface area contributed by atoms with E-state index in [-0.39, 0.29) is 5.91 Å². The first-order valence-electron chi connectivity index (χ1n) is 6.81. The van der Waals surface area contributed by atoms with Crippen molar-refractivity contribution in [2.75, 3.05) is 11.1 Å². The third-order valence-corrected chi connectivity index (χ3v) is 4.83. The van der Waals surface area contributed by atoms with Crippen LogP contribution in [-0.2, 0) is 12.8 Å². The SMILES string of the molecule is Cc1cc(N)cc(C(=O)Nc2sc3c(c2C#N)CCC3)c1. The van der Waals surface area contributed by atoms with Crippen molar-refractivity contribution in [2.45, 2.75) is 26.2 Å². The second-order valence-corrected chi connectivity index (χ2v) is 6.36. The van der Waals surface area contributed by atoms with E-state index < -0.39 is 0 Å². The van der Waals surface area contributed by atoms with Gasteiger partial charge in [-0.1, -0.05) is 0 Å². The largest absolute Gasteiger partial charge is 0.399 e. The molecule has 0 aliphatic heterocycles. The standard InChI is InChI=1S/C16H15N3OS/c1-9-5-10(7-11(18)6-9)15(20)19-16-13(8-17)12-3-2-4-14(12)21-16/h5-7H,2-4,18H2,1H3,(H,19,20). The van der Waals surface area contributed by atoms with E-state index in [0.29, 0.717) is 21.8 Å². The molecule has 0 saturated carbocycles. The predicted octanol–water partition coefficient (Wildman–Crippen LogP) is 3.25. The number of thiophene rings is 1. The number of anilines is 2. The molecule has 5 heteroatoms. The number of rotatable bonds is 2. The number of nitrogens with two attached hydrogens (primary N) is 1. The molecule has 21 heavy (non-hydrogen) atoms. The molecule has 1 amide bonds. The zero-order valence-corrected chi connectivity index (χ0v) is 12.5. The Hall–Kier alpha value is -2.32. The summed E-state index contributed by atoms with van der Waals surface area (Å²) in [5, 5.41) is 12.9. The first-order chi connectivity index (χ1) is 10.1. The van der Waals surface area contributed by atoms with Crippen LogP contribution in [-0.4, -0.2) is 5.91 Å². The fraction of sp³-hybridized carbons (Fsp3) is 0.250. The summed E-state index contributed by atoms with van der Waals surface area (Å²) in [7, 11) is 0. The van der Waals surface area contributed by atoms with Crippen LogP contribution in [0.25, 0.3) is 0 Å². The lowest BCUT2D eigenvalue weighted by Gasteiger charge is -2.06. The summed E-state index contributed by atoms with van der Waals surface area (Å²) < 4.78 is 0. The number of hydrogen-bond donors (Lipinski definition) is 2. The van der Waals surface area contributed by atoms with E-state index in [0.717, 1.165) is 30.4 Å². The minimum atomic E-state index is -0.221. The second kappa shape index (κ2) is 5.23. The molecule has 106 valence electrons. The Kier molecular flexibility index (Phi) is 3.40. The molecule has 0 spiro atoms. The van der Waals surface area contributed by atoms with Crippen LogP contribution in [0.4, 0.5) is 10.7 Å². The zero-order valence-electron chi connectivity index (χ0n) is 11.7. The monoisotopic (exact) mass is 297 g/mol. The van der Waals surface area contributed by atoms with E-state index in [1.165, 1.54) is 16.2 Å². The van der Waals surface area contributed by atoms with E-state index in [1.54, 1.807) is 12.1 Å². The third-order valence-electron chi connectivity index (χ3n) is 3.62. The molecule has 4 nitrogen and oxygen atoms in total. The van der Waals surface area contributed by atoms with Crippen molar-refractivity contribution in [1.82, 2.24) is 0 Å². The summed E-state index contributed by atoms with van der Waals surface area (Å²) in [6.45, 7) is 1.90. The third kappa shape index (κ3) is 2.50. The van der Waals surface area contributed by atoms with Gasteiger partial charge in [-0.05, 0) is 55.5 Å². The number of fused-ring (bicyclic) bond motifs is 1. The van der Waals surface area contributed by atoms with Crippen molar-refractivity contribution in [3.05, 3.63) is 45.3 Å². The molecule has 3 rings (SSSR count). The maximum Gasteiger partial charge on any atom is 0.256 e. The number of carbonyl (C=O) groups is 1. The minimum Gasteiger partial charge on any atom is -0.399 e. The van der Waals surface area contributed by atoms with Crippen LogP contribution in [0.3, 0.4) is 0 Å². The van der Waals surface area contributed by atoms with Crippen LogP contribution in [0.1, 0.15) is 38.3 Å². The van der Waals surface area contributed by atoms with E-state index in [1.807, 2.05) is 13.0 Å². The van der Waals surface area contributed by atoms with Crippen LogP contribution in [0.15, 0.2) is 18.2 Å². The fourth-order valence-electron chi connectivity index (χ4n) is 2.73. The minimum absolute atomic E-state index is 0.221. The van der Waals surface area contributed by atoms with Crippen molar-refractivity contribution in [2.24, 2.45) is 0 Å². The van der Waals surface area contributed by atoms with Gasteiger partial charge in [-0.3, -0.25) is 4.79 Å². The van der Waals surface area contributed by atoms with Gasteiger partial charge in [0.1, 0.15) is 11.1 Å². The normalized spacial score (nSPS) is 12.8. The lowest BCUT2D eigenvalue weighted by molar-refractivity contribution is 0.102. The molecule has 0 unspecified atom stereocenters. The Morgan fingerprint density at radius 3 is 2.90 bits per heavy atom. The van der Waals surface area contributed by atoms with Crippen LogP contribution < -0.4 is 11.1 Å². The molecule has 3 N–H and O–H groups in total. The number of nitrogens with one attached hydrogen (secondary N) is 1. The number of benzene rings is 1. The number of nitriles is 1. The van der Waals surface area contributed by atoms with Gasteiger partial charge in [0.15, 0.2) is 0 Å². The van der Waals surface area contributed by atoms with Gasteiger partial charge in [0, 0.05) is 16.1 Å². The lowest BCUT2D eigenvalue weighted by atomic mass is 10.1. The molecule has 0 atom stereocenters. The molecular formula is C16H15N3OS. The Morgan fingerprint density at radius 2 is 2.19 bits per heavy atom.